The quantitative estimate of drug-likeness (QED) is 0.664. The van der Waals surface area contributed by atoms with Crippen LogP contribution in [0.5, 0.6) is 0 Å². The number of pyridine rings is 1. The van der Waals surface area contributed by atoms with Gasteiger partial charge in [0.1, 0.15) is 6.07 Å². The molecule has 2 aromatic heterocycles. The lowest BCUT2D eigenvalue weighted by Crippen LogP contribution is -1.85. The Morgan fingerprint density at radius 2 is 1.90 bits per heavy atom. The molecule has 3 heteroatoms. The summed E-state index contributed by atoms with van der Waals surface area (Å²) in [5.74, 6) is 0.548. The SMILES string of the molecule is CC(C)c1ccc(-c2cc3ncc(C#N)cc3s2)cc1. The van der Waals surface area contributed by atoms with E-state index < -0.39 is 0 Å². The molecule has 20 heavy (non-hydrogen) atoms. The van der Waals surface area contributed by atoms with Crippen molar-refractivity contribution in [2.24, 2.45) is 0 Å². The Labute approximate surface area is 122 Å². The number of benzene rings is 1. The molecule has 3 rings (SSSR count). The molecular weight excluding hydrogens is 264 g/mol. The van der Waals surface area contributed by atoms with Gasteiger partial charge < -0.3 is 0 Å². The maximum Gasteiger partial charge on any atom is 0.101 e. The summed E-state index contributed by atoms with van der Waals surface area (Å²) >= 11 is 1.68. The van der Waals surface area contributed by atoms with Crippen molar-refractivity contribution in [2.75, 3.05) is 0 Å². The number of nitriles is 1. The van der Waals surface area contributed by atoms with Crippen molar-refractivity contribution >= 4 is 21.6 Å². The Bertz CT molecular complexity index is 792. The molecule has 0 N–H and O–H groups in total. The van der Waals surface area contributed by atoms with Crippen molar-refractivity contribution < 1.29 is 0 Å². The summed E-state index contributed by atoms with van der Waals surface area (Å²) in [6, 6.07) is 14.8. The van der Waals surface area contributed by atoms with Crippen molar-refractivity contribution in [3.05, 3.63) is 53.7 Å². The number of rotatable bonds is 2. The van der Waals surface area contributed by atoms with Crippen molar-refractivity contribution in [3.8, 4) is 16.5 Å². The van der Waals surface area contributed by atoms with Gasteiger partial charge in [0.15, 0.2) is 0 Å². The summed E-state index contributed by atoms with van der Waals surface area (Å²) in [7, 11) is 0. The van der Waals surface area contributed by atoms with Crippen LogP contribution in [0.15, 0.2) is 42.6 Å². The van der Waals surface area contributed by atoms with Crippen LogP contribution in [0.4, 0.5) is 0 Å². The fourth-order valence-corrected chi connectivity index (χ4v) is 3.22. The minimum absolute atomic E-state index is 0.548. The maximum atomic E-state index is 8.92. The Kier molecular flexibility index (Phi) is 3.25. The molecule has 1 aromatic carbocycles. The minimum atomic E-state index is 0.548. The van der Waals surface area contributed by atoms with Crippen LogP contribution in [-0.4, -0.2) is 4.98 Å². The van der Waals surface area contributed by atoms with Gasteiger partial charge in [0.2, 0.25) is 0 Å². The van der Waals surface area contributed by atoms with Gasteiger partial charge >= 0.3 is 0 Å². The summed E-state index contributed by atoms with van der Waals surface area (Å²) < 4.78 is 1.06. The zero-order chi connectivity index (χ0) is 14.1. The van der Waals surface area contributed by atoms with E-state index >= 15 is 0 Å². The number of thiophene rings is 1. The van der Waals surface area contributed by atoms with Gasteiger partial charge in [0, 0.05) is 11.1 Å². The predicted octanol–water partition coefficient (Wildman–Crippen LogP) is 4.96. The fourth-order valence-electron chi connectivity index (χ4n) is 2.15. The average Bonchev–Trinajstić information content (AvgIpc) is 2.90. The second-order valence-electron chi connectivity index (χ2n) is 5.11. The van der Waals surface area contributed by atoms with Crippen molar-refractivity contribution in [1.29, 1.82) is 5.26 Å². The first-order valence-electron chi connectivity index (χ1n) is 6.57. The molecule has 0 saturated carbocycles. The lowest BCUT2D eigenvalue weighted by atomic mass is 10.0. The van der Waals surface area contributed by atoms with E-state index in [0.29, 0.717) is 11.5 Å². The lowest BCUT2D eigenvalue weighted by Gasteiger charge is -2.05. The third-order valence-corrected chi connectivity index (χ3v) is 4.48. The molecule has 0 unspecified atom stereocenters. The number of aromatic nitrogens is 1. The predicted molar refractivity (Wildman–Crippen MR) is 83.9 cm³/mol. The molecule has 0 aliphatic carbocycles. The molecule has 3 aromatic rings. The summed E-state index contributed by atoms with van der Waals surface area (Å²) in [5.41, 5.74) is 4.12. The Balaban J connectivity index is 2.03. The highest BCUT2D eigenvalue weighted by molar-refractivity contribution is 7.22. The fraction of sp³-hybridized carbons (Fsp3) is 0.176. The Hall–Kier alpha value is -2.18. The molecule has 0 aliphatic rings. The van der Waals surface area contributed by atoms with E-state index in [1.165, 1.54) is 16.0 Å². The molecule has 0 saturated heterocycles. The van der Waals surface area contributed by atoms with Gasteiger partial charge in [-0.15, -0.1) is 11.3 Å². The highest BCUT2D eigenvalue weighted by Gasteiger charge is 2.07. The molecule has 2 heterocycles. The van der Waals surface area contributed by atoms with Crippen molar-refractivity contribution in [3.63, 3.8) is 0 Å². The molecule has 0 aliphatic heterocycles. The first-order chi connectivity index (χ1) is 9.67. The van der Waals surface area contributed by atoms with E-state index in [2.05, 4.69) is 55.2 Å². The van der Waals surface area contributed by atoms with E-state index in [0.717, 1.165) is 10.2 Å². The van der Waals surface area contributed by atoms with Gasteiger partial charge in [-0.25, -0.2) is 0 Å². The van der Waals surface area contributed by atoms with E-state index in [9.17, 15) is 0 Å². The van der Waals surface area contributed by atoms with Gasteiger partial charge in [0.05, 0.1) is 15.8 Å². The minimum Gasteiger partial charge on any atom is -0.254 e. The van der Waals surface area contributed by atoms with Crippen LogP contribution in [0.2, 0.25) is 0 Å². The van der Waals surface area contributed by atoms with Crippen LogP contribution in [-0.2, 0) is 0 Å². The zero-order valence-corrected chi connectivity index (χ0v) is 12.2. The third-order valence-electron chi connectivity index (χ3n) is 3.36. The van der Waals surface area contributed by atoms with Crippen LogP contribution in [0.3, 0.4) is 0 Å². The van der Waals surface area contributed by atoms with Crippen LogP contribution < -0.4 is 0 Å². The van der Waals surface area contributed by atoms with Crippen LogP contribution in [0.25, 0.3) is 20.7 Å². The molecule has 0 atom stereocenters. The second kappa shape index (κ2) is 5.07. The molecule has 0 bridgehead atoms. The summed E-state index contributed by atoms with van der Waals surface area (Å²) in [6.07, 6.45) is 1.63. The van der Waals surface area contributed by atoms with Crippen molar-refractivity contribution in [2.45, 2.75) is 19.8 Å². The number of nitrogens with zero attached hydrogens (tertiary/aromatic N) is 2. The topological polar surface area (TPSA) is 36.7 Å². The average molecular weight is 278 g/mol. The van der Waals surface area contributed by atoms with E-state index in [-0.39, 0.29) is 0 Å². The monoisotopic (exact) mass is 278 g/mol. The normalized spacial score (nSPS) is 10.9. The van der Waals surface area contributed by atoms with Gasteiger partial charge in [0.25, 0.3) is 0 Å². The van der Waals surface area contributed by atoms with E-state index in [1.807, 2.05) is 6.07 Å². The van der Waals surface area contributed by atoms with Gasteiger partial charge in [-0.05, 0) is 29.2 Å². The van der Waals surface area contributed by atoms with Crippen LogP contribution in [0, 0.1) is 11.3 Å². The largest absolute Gasteiger partial charge is 0.254 e. The second-order valence-corrected chi connectivity index (χ2v) is 6.19. The van der Waals surface area contributed by atoms with Crippen LogP contribution in [0.1, 0.15) is 30.9 Å². The third kappa shape index (κ3) is 2.31. The smallest absolute Gasteiger partial charge is 0.101 e. The zero-order valence-electron chi connectivity index (χ0n) is 11.4. The van der Waals surface area contributed by atoms with Gasteiger partial charge in [-0.3, -0.25) is 4.98 Å². The Morgan fingerprint density at radius 3 is 2.55 bits per heavy atom. The van der Waals surface area contributed by atoms with E-state index in [1.54, 1.807) is 17.5 Å². The molecule has 0 fully saturated rings. The highest BCUT2D eigenvalue weighted by atomic mass is 32.1. The summed E-state index contributed by atoms with van der Waals surface area (Å²) in [6.45, 7) is 4.39. The highest BCUT2D eigenvalue weighted by Crippen LogP contribution is 2.33. The van der Waals surface area contributed by atoms with Gasteiger partial charge in [-0.2, -0.15) is 5.26 Å². The molecule has 2 nitrogen and oxygen atoms in total. The van der Waals surface area contributed by atoms with Crippen LogP contribution >= 0.6 is 11.3 Å². The molecular formula is C17H14N2S. The first-order valence-corrected chi connectivity index (χ1v) is 7.39. The number of fused-ring (bicyclic) bond motifs is 1. The van der Waals surface area contributed by atoms with Gasteiger partial charge in [-0.1, -0.05) is 38.1 Å². The van der Waals surface area contributed by atoms with E-state index in [4.69, 9.17) is 5.26 Å². The number of hydrogen-bond acceptors (Lipinski definition) is 3. The number of hydrogen-bond donors (Lipinski definition) is 0. The van der Waals surface area contributed by atoms with Crippen molar-refractivity contribution in [1.82, 2.24) is 4.98 Å². The molecule has 98 valence electrons. The molecule has 0 amide bonds. The first kappa shape index (κ1) is 12.8. The maximum absolute atomic E-state index is 8.92. The standard InChI is InChI=1S/C17H14N2S/c1-11(2)13-3-5-14(6-4-13)16-8-15-17(20-16)7-12(9-18)10-19-15/h3-8,10-11H,1-2H3. The Morgan fingerprint density at radius 1 is 1.15 bits per heavy atom. The summed E-state index contributed by atoms with van der Waals surface area (Å²) in [4.78, 5) is 5.52. The summed E-state index contributed by atoms with van der Waals surface area (Å²) in [5, 5.41) is 8.92. The molecule has 0 radical (unpaired) electrons. The molecule has 0 spiro atoms. The lowest BCUT2D eigenvalue weighted by molar-refractivity contribution is 0.867.